The second-order valence-electron chi connectivity index (χ2n) is 6.36. The van der Waals surface area contributed by atoms with Crippen molar-refractivity contribution in [2.24, 2.45) is 23.7 Å². The molecule has 1 saturated heterocycles. The predicted octanol–water partition coefficient (Wildman–Crippen LogP) is 2.61. The Morgan fingerprint density at radius 2 is 1.78 bits per heavy atom. The molecule has 2 bridgehead atoms. The van der Waals surface area contributed by atoms with E-state index in [0.29, 0.717) is 16.4 Å². The molecule has 6 heteroatoms. The maximum absolute atomic E-state index is 12.8. The molecule has 3 amide bonds. The monoisotopic (exact) mass is 330 g/mol. The summed E-state index contributed by atoms with van der Waals surface area (Å²) in [4.78, 5) is 38.0. The number of imide groups is 1. The van der Waals surface area contributed by atoms with Crippen LogP contribution in [0.1, 0.15) is 13.3 Å². The summed E-state index contributed by atoms with van der Waals surface area (Å²) in [5.41, 5.74) is 0.859. The van der Waals surface area contributed by atoms with E-state index in [-0.39, 0.29) is 41.4 Å². The first kappa shape index (κ1) is 14.5. The Kier molecular flexibility index (Phi) is 3.10. The molecule has 23 heavy (non-hydrogen) atoms. The molecular formula is C17H15ClN2O3. The summed E-state index contributed by atoms with van der Waals surface area (Å²) < 4.78 is 0. The molecule has 4 atom stereocenters. The van der Waals surface area contributed by atoms with Crippen molar-refractivity contribution in [3.8, 4) is 0 Å². The van der Waals surface area contributed by atoms with Crippen molar-refractivity contribution in [3.63, 3.8) is 0 Å². The number of amides is 3. The number of anilines is 2. The molecule has 1 heterocycles. The van der Waals surface area contributed by atoms with Crippen molar-refractivity contribution in [1.82, 2.24) is 0 Å². The molecule has 3 aliphatic rings. The molecule has 2 fully saturated rings. The summed E-state index contributed by atoms with van der Waals surface area (Å²) in [5.74, 6) is -0.681. The molecular weight excluding hydrogens is 316 g/mol. The topological polar surface area (TPSA) is 66.5 Å². The van der Waals surface area contributed by atoms with E-state index in [4.69, 9.17) is 11.6 Å². The van der Waals surface area contributed by atoms with Crippen LogP contribution in [0.15, 0.2) is 30.4 Å². The quantitative estimate of drug-likeness (QED) is 0.669. The van der Waals surface area contributed by atoms with Crippen LogP contribution in [0.3, 0.4) is 0 Å². The van der Waals surface area contributed by atoms with E-state index >= 15 is 0 Å². The molecule has 1 saturated carbocycles. The van der Waals surface area contributed by atoms with Crippen LogP contribution in [0.5, 0.6) is 0 Å². The standard InChI is InChI=1S/C17H15ClN2O3/c1-8(21)19-13-7-11(4-5-12(13)18)20-16(22)14-9-2-3-10(6-9)15(14)17(20)23/h2-5,7,9-10,14-15H,6H2,1H3,(H,19,21)/t9-,10-,14-,15+/m0/s1. The average molecular weight is 331 g/mol. The maximum atomic E-state index is 12.8. The number of rotatable bonds is 2. The number of carbonyl (C=O) groups is 3. The summed E-state index contributed by atoms with van der Waals surface area (Å²) in [6.45, 7) is 1.38. The SMILES string of the molecule is CC(=O)Nc1cc(N2C(=O)[C@@H]3[C@H](C2=O)[C@H]2C=C[C@H]3C2)ccc1Cl. The lowest BCUT2D eigenvalue weighted by Crippen LogP contribution is -2.32. The minimum Gasteiger partial charge on any atom is -0.325 e. The Morgan fingerprint density at radius 1 is 1.17 bits per heavy atom. The van der Waals surface area contributed by atoms with Gasteiger partial charge in [0.25, 0.3) is 0 Å². The summed E-state index contributed by atoms with van der Waals surface area (Å²) in [6.07, 6.45) is 5.02. The summed E-state index contributed by atoms with van der Waals surface area (Å²) in [6, 6.07) is 4.80. The van der Waals surface area contributed by atoms with Crippen molar-refractivity contribution in [3.05, 3.63) is 35.4 Å². The highest BCUT2D eigenvalue weighted by Gasteiger charge is 2.59. The predicted molar refractivity (Wildman–Crippen MR) is 86.0 cm³/mol. The third-order valence-electron chi connectivity index (χ3n) is 4.99. The molecule has 0 aromatic heterocycles. The maximum Gasteiger partial charge on any atom is 0.238 e. The van der Waals surface area contributed by atoms with Gasteiger partial charge in [-0.3, -0.25) is 14.4 Å². The van der Waals surface area contributed by atoms with Crippen LogP contribution in [0, 0.1) is 23.7 Å². The molecule has 1 aromatic rings. The minimum absolute atomic E-state index is 0.145. The smallest absolute Gasteiger partial charge is 0.238 e. The number of allylic oxidation sites excluding steroid dienone is 2. The van der Waals surface area contributed by atoms with Gasteiger partial charge in [0.05, 0.1) is 28.2 Å². The van der Waals surface area contributed by atoms with Gasteiger partial charge < -0.3 is 5.32 Å². The van der Waals surface area contributed by atoms with E-state index in [1.54, 1.807) is 18.2 Å². The number of nitrogens with zero attached hydrogens (tertiary/aromatic N) is 1. The fraction of sp³-hybridized carbons (Fsp3) is 0.353. The highest BCUT2D eigenvalue weighted by Crippen LogP contribution is 2.53. The molecule has 1 N–H and O–H groups in total. The van der Waals surface area contributed by atoms with Gasteiger partial charge >= 0.3 is 0 Å². The molecule has 2 aliphatic carbocycles. The van der Waals surface area contributed by atoms with Gasteiger partial charge in [-0.15, -0.1) is 0 Å². The van der Waals surface area contributed by atoms with Gasteiger partial charge in [0.1, 0.15) is 0 Å². The van der Waals surface area contributed by atoms with Gasteiger partial charge in [-0.25, -0.2) is 4.90 Å². The number of nitrogens with one attached hydrogen (secondary N) is 1. The second kappa shape index (κ2) is 4.93. The fourth-order valence-corrected chi connectivity index (χ4v) is 4.26. The van der Waals surface area contributed by atoms with Crippen LogP contribution in [-0.2, 0) is 14.4 Å². The molecule has 118 valence electrons. The highest BCUT2D eigenvalue weighted by molar-refractivity contribution is 6.34. The number of hydrogen-bond acceptors (Lipinski definition) is 3. The first-order valence-electron chi connectivity index (χ1n) is 7.60. The zero-order chi connectivity index (χ0) is 16.3. The summed E-state index contributed by atoms with van der Waals surface area (Å²) in [5, 5.41) is 2.98. The van der Waals surface area contributed by atoms with Gasteiger partial charge in [0, 0.05) is 6.92 Å². The third kappa shape index (κ3) is 2.03. The van der Waals surface area contributed by atoms with Crippen LogP contribution in [0.25, 0.3) is 0 Å². The van der Waals surface area contributed by atoms with E-state index in [1.807, 2.05) is 0 Å². The van der Waals surface area contributed by atoms with Crippen LogP contribution in [-0.4, -0.2) is 17.7 Å². The van der Waals surface area contributed by atoms with Gasteiger partial charge in [-0.1, -0.05) is 23.8 Å². The van der Waals surface area contributed by atoms with Crippen LogP contribution in [0.2, 0.25) is 5.02 Å². The number of halogens is 1. The Morgan fingerprint density at radius 3 is 2.35 bits per heavy atom. The zero-order valence-corrected chi connectivity index (χ0v) is 13.2. The largest absolute Gasteiger partial charge is 0.325 e. The van der Waals surface area contributed by atoms with Gasteiger partial charge in [-0.05, 0) is 36.5 Å². The molecule has 1 aromatic carbocycles. The lowest BCUT2D eigenvalue weighted by atomic mass is 9.85. The average Bonchev–Trinajstić information content (AvgIpc) is 3.16. The first-order valence-corrected chi connectivity index (χ1v) is 7.98. The summed E-state index contributed by atoms with van der Waals surface area (Å²) >= 11 is 6.06. The van der Waals surface area contributed by atoms with E-state index in [2.05, 4.69) is 17.5 Å². The lowest BCUT2D eigenvalue weighted by molar-refractivity contribution is -0.123. The number of carbonyl (C=O) groups excluding carboxylic acids is 3. The van der Waals surface area contributed by atoms with Crippen molar-refractivity contribution < 1.29 is 14.4 Å². The molecule has 0 radical (unpaired) electrons. The zero-order valence-electron chi connectivity index (χ0n) is 12.5. The normalized spacial score (nSPS) is 31.0. The molecule has 4 rings (SSSR count). The fourth-order valence-electron chi connectivity index (χ4n) is 4.09. The number of fused-ring (bicyclic) bond motifs is 5. The Balaban J connectivity index is 1.70. The molecule has 5 nitrogen and oxygen atoms in total. The minimum atomic E-state index is -0.262. The van der Waals surface area contributed by atoms with Crippen LogP contribution >= 0.6 is 11.6 Å². The third-order valence-corrected chi connectivity index (χ3v) is 5.32. The van der Waals surface area contributed by atoms with Crippen molar-refractivity contribution in [2.45, 2.75) is 13.3 Å². The van der Waals surface area contributed by atoms with E-state index < -0.39 is 0 Å². The van der Waals surface area contributed by atoms with Crippen molar-refractivity contribution in [2.75, 3.05) is 10.2 Å². The lowest BCUT2D eigenvalue weighted by Gasteiger charge is -2.18. The van der Waals surface area contributed by atoms with E-state index in [0.717, 1.165) is 6.42 Å². The highest BCUT2D eigenvalue weighted by atomic mass is 35.5. The Bertz CT molecular complexity index is 743. The second-order valence-corrected chi connectivity index (χ2v) is 6.76. The molecule has 0 unspecified atom stereocenters. The van der Waals surface area contributed by atoms with Crippen molar-refractivity contribution >= 4 is 40.7 Å². The number of hydrogen-bond donors (Lipinski definition) is 1. The van der Waals surface area contributed by atoms with E-state index in [9.17, 15) is 14.4 Å². The first-order chi connectivity index (χ1) is 11.0. The van der Waals surface area contributed by atoms with Gasteiger partial charge in [0.15, 0.2) is 0 Å². The van der Waals surface area contributed by atoms with Crippen molar-refractivity contribution in [1.29, 1.82) is 0 Å². The summed E-state index contributed by atoms with van der Waals surface area (Å²) in [7, 11) is 0. The van der Waals surface area contributed by atoms with E-state index in [1.165, 1.54) is 11.8 Å². The molecule has 1 aliphatic heterocycles. The van der Waals surface area contributed by atoms with Gasteiger partial charge in [-0.2, -0.15) is 0 Å². The van der Waals surface area contributed by atoms with Crippen LogP contribution < -0.4 is 10.2 Å². The van der Waals surface area contributed by atoms with Gasteiger partial charge in [0.2, 0.25) is 17.7 Å². The van der Waals surface area contributed by atoms with Crippen LogP contribution in [0.4, 0.5) is 11.4 Å². The Labute approximate surface area is 138 Å². The number of benzene rings is 1. The Hall–Kier alpha value is -2.14. The molecule has 0 spiro atoms.